The first-order valence-corrected chi connectivity index (χ1v) is 9.19. The molecule has 13 nitrogen and oxygen atoms in total. The van der Waals surface area contributed by atoms with Crippen LogP contribution in [0.25, 0.3) is 0 Å². The van der Waals surface area contributed by atoms with Gasteiger partial charge in [0.1, 0.15) is 18.1 Å². The summed E-state index contributed by atoms with van der Waals surface area (Å²) in [6, 6.07) is -5.39. The first kappa shape index (κ1) is 26.8. The number of primary amides is 1. The van der Waals surface area contributed by atoms with Gasteiger partial charge in [-0.3, -0.25) is 28.8 Å². The molecule has 5 unspecified atom stereocenters. The zero-order valence-electron chi connectivity index (χ0n) is 17.0. The lowest BCUT2D eigenvalue weighted by Gasteiger charge is -2.27. The van der Waals surface area contributed by atoms with E-state index in [9.17, 15) is 28.8 Å². The van der Waals surface area contributed by atoms with Gasteiger partial charge >= 0.3 is 11.9 Å². The summed E-state index contributed by atoms with van der Waals surface area (Å²) in [5, 5.41) is 24.7. The fraction of sp³-hybridized carbons (Fsp3) is 0.647. The third-order valence-electron chi connectivity index (χ3n) is 4.29. The summed E-state index contributed by atoms with van der Waals surface area (Å²) in [5.74, 6) is -6.73. The number of hydrogen-bond donors (Lipinski definition) is 7. The van der Waals surface area contributed by atoms with Gasteiger partial charge in [0.15, 0.2) is 0 Å². The van der Waals surface area contributed by atoms with E-state index in [-0.39, 0.29) is 0 Å². The van der Waals surface area contributed by atoms with Crippen LogP contribution >= 0.6 is 0 Å². The topological polar surface area (TPSA) is 231 Å². The summed E-state index contributed by atoms with van der Waals surface area (Å²) in [5.41, 5.74) is 10.4. The Morgan fingerprint density at radius 3 is 1.87 bits per heavy atom. The van der Waals surface area contributed by atoms with E-state index in [2.05, 4.69) is 16.0 Å². The van der Waals surface area contributed by atoms with Gasteiger partial charge < -0.3 is 37.6 Å². The third-order valence-corrected chi connectivity index (χ3v) is 4.29. The number of nitrogens with two attached hydrogens (primary N) is 2. The molecule has 4 amide bonds. The SMILES string of the molecule is CCC(C)C(NC(=O)C(CC(=O)O)NC(=O)C(N)CC(N)=O)C(=O)NC(C)C(=O)O. The molecule has 0 saturated carbocycles. The Morgan fingerprint density at radius 2 is 1.43 bits per heavy atom. The first-order valence-electron chi connectivity index (χ1n) is 9.19. The number of carbonyl (C=O) groups is 6. The fourth-order valence-corrected chi connectivity index (χ4v) is 2.29. The van der Waals surface area contributed by atoms with Gasteiger partial charge in [-0.25, -0.2) is 0 Å². The number of aliphatic carboxylic acids is 2. The number of hydrogen-bond acceptors (Lipinski definition) is 7. The smallest absolute Gasteiger partial charge is 0.325 e. The molecule has 0 saturated heterocycles. The van der Waals surface area contributed by atoms with Crippen LogP contribution in [0.5, 0.6) is 0 Å². The molecule has 9 N–H and O–H groups in total. The van der Waals surface area contributed by atoms with Gasteiger partial charge in [-0.05, 0) is 12.8 Å². The van der Waals surface area contributed by atoms with E-state index in [1.807, 2.05) is 0 Å². The summed E-state index contributed by atoms with van der Waals surface area (Å²) in [7, 11) is 0. The molecule has 0 aliphatic heterocycles. The molecule has 0 rings (SSSR count). The van der Waals surface area contributed by atoms with Crippen LogP contribution in [0.4, 0.5) is 0 Å². The average molecular weight is 431 g/mol. The second kappa shape index (κ2) is 12.4. The van der Waals surface area contributed by atoms with Crippen molar-refractivity contribution in [3.05, 3.63) is 0 Å². The molecule has 5 atom stereocenters. The molecular weight excluding hydrogens is 402 g/mol. The minimum Gasteiger partial charge on any atom is -0.481 e. The third kappa shape index (κ3) is 9.32. The molecule has 0 bridgehead atoms. The fourth-order valence-electron chi connectivity index (χ4n) is 2.29. The van der Waals surface area contributed by atoms with Gasteiger partial charge in [0.05, 0.1) is 18.9 Å². The molecule has 170 valence electrons. The van der Waals surface area contributed by atoms with Gasteiger partial charge in [0.2, 0.25) is 23.6 Å². The van der Waals surface area contributed by atoms with Gasteiger partial charge in [-0.15, -0.1) is 0 Å². The van der Waals surface area contributed by atoms with Crippen molar-refractivity contribution < 1.29 is 39.0 Å². The van der Waals surface area contributed by atoms with Crippen LogP contribution in [0, 0.1) is 5.92 Å². The summed E-state index contributed by atoms with van der Waals surface area (Å²) < 4.78 is 0. The van der Waals surface area contributed by atoms with Gasteiger partial charge in [0.25, 0.3) is 0 Å². The first-order chi connectivity index (χ1) is 13.8. The Kier molecular flexibility index (Phi) is 11.0. The summed E-state index contributed by atoms with van der Waals surface area (Å²) in [4.78, 5) is 70.0. The minimum absolute atomic E-state index is 0.430. The maximum Gasteiger partial charge on any atom is 0.325 e. The highest BCUT2D eigenvalue weighted by Gasteiger charge is 2.33. The normalized spacial score (nSPS) is 15.6. The van der Waals surface area contributed by atoms with Crippen LogP contribution in [-0.4, -0.2) is 69.9 Å². The lowest BCUT2D eigenvalue weighted by Crippen LogP contribution is -2.58. The Balaban J connectivity index is 5.44. The second-order valence-corrected chi connectivity index (χ2v) is 6.88. The predicted molar refractivity (Wildman–Crippen MR) is 103 cm³/mol. The zero-order chi connectivity index (χ0) is 23.6. The highest BCUT2D eigenvalue weighted by atomic mass is 16.4. The molecular formula is C17H29N5O8. The molecule has 0 aromatic carbocycles. The average Bonchev–Trinajstić information content (AvgIpc) is 2.63. The molecule has 0 aliphatic rings. The number of carbonyl (C=O) groups excluding carboxylic acids is 4. The van der Waals surface area contributed by atoms with Crippen LogP contribution in [0.3, 0.4) is 0 Å². The molecule has 0 heterocycles. The largest absolute Gasteiger partial charge is 0.481 e. The molecule has 0 aromatic rings. The van der Waals surface area contributed by atoms with Gasteiger partial charge in [-0.2, -0.15) is 0 Å². The van der Waals surface area contributed by atoms with Crippen LogP contribution < -0.4 is 27.4 Å². The van der Waals surface area contributed by atoms with Crippen LogP contribution in [0.2, 0.25) is 0 Å². The number of rotatable bonds is 13. The standard InChI is InChI=1S/C17H29N5O8/c1-4-7(2)13(16(28)20-8(3)17(29)30)22-15(27)10(6-12(24)25)21-14(26)9(18)5-11(19)23/h7-10,13H,4-6,18H2,1-3H3,(H2,19,23)(H,20,28)(H,21,26)(H,22,27)(H,24,25)(H,29,30). The van der Waals surface area contributed by atoms with Crippen LogP contribution in [0.15, 0.2) is 0 Å². The Labute approximate surface area is 172 Å². The maximum atomic E-state index is 12.6. The molecule has 30 heavy (non-hydrogen) atoms. The molecule has 0 aromatic heterocycles. The van der Waals surface area contributed by atoms with Crippen molar-refractivity contribution in [2.24, 2.45) is 17.4 Å². The zero-order valence-corrected chi connectivity index (χ0v) is 17.0. The Bertz CT molecular complexity index is 683. The lowest BCUT2D eigenvalue weighted by atomic mass is 9.97. The molecule has 0 fully saturated rings. The summed E-state index contributed by atoms with van der Waals surface area (Å²) in [6.07, 6.45) is -0.904. The number of carboxylic acid groups (broad SMARTS) is 2. The van der Waals surface area contributed by atoms with Crippen LogP contribution in [0.1, 0.15) is 40.0 Å². The Hall–Kier alpha value is -3.22. The van der Waals surface area contributed by atoms with Gasteiger partial charge in [0, 0.05) is 0 Å². The summed E-state index contributed by atoms with van der Waals surface area (Å²) in [6.45, 7) is 4.60. The van der Waals surface area contributed by atoms with E-state index in [0.717, 1.165) is 0 Å². The minimum atomic E-state index is -1.59. The molecule has 0 spiro atoms. The highest BCUT2D eigenvalue weighted by molar-refractivity contribution is 5.96. The molecule has 13 heteroatoms. The molecule has 0 aliphatic carbocycles. The van der Waals surface area contributed by atoms with Crippen molar-refractivity contribution >= 4 is 35.6 Å². The van der Waals surface area contributed by atoms with E-state index in [1.165, 1.54) is 6.92 Å². The van der Waals surface area contributed by atoms with Crippen molar-refractivity contribution in [2.75, 3.05) is 0 Å². The van der Waals surface area contributed by atoms with Crippen molar-refractivity contribution in [3.63, 3.8) is 0 Å². The predicted octanol–water partition coefficient (Wildman–Crippen LogP) is -2.73. The van der Waals surface area contributed by atoms with Crippen molar-refractivity contribution in [1.29, 1.82) is 0 Å². The van der Waals surface area contributed by atoms with E-state index < -0.39 is 78.5 Å². The monoisotopic (exact) mass is 431 g/mol. The maximum absolute atomic E-state index is 12.6. The van der Waals surface area contributed by atoms with E-state index in [1.54, 1.807) is 13.8 Å². The van der Waals surface area contributed by atoms with Crippen molar-refractivity contribution in [1.82, 2.24) is 16.0 Å². The van der Waals surface area contributed by atoms with Gasteiger partial charge in [-0.1, -0.05) is 20.3 Å². The van der Waals surface area contributed by atoms with E-state index in [0.29, 0.717) is 6.42 Å². The van der Waals surface area contributed by atoms with Crippen LogP contribution in [-0.2, 0) is 28.8 Å². The van der Waals surface area contributed by atoms with E-state index >= 15 is 0 Å². The van der Waals surface area contributed by atoms with E-state index in [4.69, 9.17) is 21.7 Å². The lowest BCUT2D eigenvalue weighted by molar-refractivity contribution is -0.143. The number of carboxylic acids is 2. The number of amides is 4. The van der Waals surface area contributed by atoms with Crippen molar-refractivity contribution in [2.45, 2.75) is 64.2 Å². The quantitative estimate of drug-likeness (QED) is 0.160. The van der Waals surface area contributed by atoms with Crippen molar-refractivity contribution in [3.8, 4) is 0 Å². The summed E-state index contributed by atoms with van der Waals surface area (Å²) >= 11 is 0. The Morgan fingerprint density at radius 1 is 0.867 bits per heavy atom. The second-order valence-electron chi connectivity index (χ2n) is 6.88. The number of nitrogens with one attached hydrogen (secondary N) is 3. The highest BCUT2D eigenvalue weighted by Crippen LogP contribution is 2.09. The molecule has 0 radical (unpaired) electrons.